The van der Waals surface area contributed by atoms with E-state index in [-0.39, 0.29) is 24.8 Å². The average Bonchev–Trinajstić information content (AvgIpc) is 2.60. The van der Waals surface area contributed by atoms with Gasteiger partial charge in [-0.05, 0) is 24.1 Å². The van der Waals surface area contributed by atoms with E-state index >= 15 is 0 Å². The van der Waals surface area contributed by atoms with Gasteiger partial charge in [-0.25, -0.2) is 0 Å². The first-order chi connectivity index (χ1) is 11.4. The second-order valence-electron chi connectivity index (χ2n) is 5.98. The van der Waals surface area contributed by atoms with Crippen molar-refractivity contribution < 1.29 is 28.5 Å². The molecule has 0 saturated heterocycles. The molecule has 0 heterocycles. The minimum Gasteiger partial charge on any atom is -0.497 e. The highest BCUT2D eigenvalue weighted by Crippen LogP contribution is 2.29. The molecule has 0 radical (unpaired) electrons. The molecule has 0 N–H and O–H groups in total. The number of hydrogen-bond donors (Lipinski definition) is 0. The Hall–Kier alpha value is -2.08. The van der Waals surface area contributed by atoms with Crippen molar-refractivity contribution in [1.82, 2.24) is 0 Å². The maximum absolute atomic E-state index is 11.6. The standard InChI is InChI=1S/C18H26O6/c1-18(11-17(20)23-4,10-9-16(19)22-3)13-24-12-14-5-7-15(21-2)8-6-14/h5-8H,9-13H2,1-4H3. The van der Waals surface area contributed by atoms with Crippen molar-refractivity contribution >= 4 is 11.9 Å². The van der Waals surface area contributed by atoms with E-state index in [1.807, 2.05) is 31.2 Å². The fourth-order valence-corrected chi connectivity index (χ4v) is 2.28. The van der Waals surface area contributed by atoms with Crippen LogP contribution in [0.3, 0.4) is 0 Å². The summed E-state index contributed by atoms with van der Waals surface area (Å²) in [6, 6.07) is 7.57. The first-order valence-electron chi connectivity index (χ1n) is 7.77. The number of rotatable bonds is 10. The van der Waals surface area contributed by atoms with Crippen LogP contribution in [0.25, 0.3) is 0 Å². The van der Waals surface area contributed by atoms with Crippen molar-refractivity contribution in [2.45, 2.75) is 32.8 Å². The van der Waals surface area contributed by atoms with Crippen LogP contribution in [0.1, 0.15) is 31.7 Å². The Kier molecular flexibility index (Phi) is 8.26. The molecule has 0 aliphatic carbocycles. The third-order valence-electron chi connectivity index (χ3n) is 3.84. The van der Waals surface area contributed by atoms with E-state index in [0.29, 0.717) is 19.6 Å². The molecule has 134 valence electrons. The fourth-order valence-electron chi connectivity index (χ4n) is 2.28. The van der Waals surface area contributed by atoms with E-state index in [1.165, 1.54) is 14.2 Å². The molecule has 1 atom stereocenters. The number of esters is 2. The summed E-state index contributed by atoms with van der Waals surface area (Å²) in [6.07, 6.45) is 0.899. The molecule has 0 amide bonds. The number of carbonyl (C=O) groups excluding carboxylic acids is 2. The lowest BCUT2D eigenvalue weighted by Gasteiger charge is -2.28. The van der Waals surface area contributed by atoms with Crippen molar-refractivity contribution in [3.63, 3.8) is 0 Å². The van der Waals surface area contributed by atoms with Crippen LogP contribution in [-0.4, -0.2) is 39.9 Å². The molecule has 0 aliphatic heterocycles. The van der Waals surface area contributed by atoms with Crippen LogP contribution >= 0.6 is 0 Å². The zero-order valence-corrected chi connectivity index (χ0v) is 14.8. The largest absolute Gasteiger partial charge is 0.497 e. The summed E-state index contributed by atoms with van der Waals surface area (Å²) < 4.78 is 20.3. The highest BCUT2D eigenvalue weighted by molar-refractivity contribution is 5.71. The zero-order chi connectivity index (χ0) is 18.0. The maximum atomic E-state index is 11.6. The third kappa shape index (κ3) is 7.00. The van der Waals surface area contributed by atoms with Crippen LogP contribution in [0.15, 0.2) is 24.3 Å². The molecule has 1 aromatic rings. The average molecular weight is 338 g/mol. The lowest BCUT2D eigenvalue weighted by Crippen LogP contribution is -2.28. The molecular weight excluding hydrogens is 312 g/mol. The number of carbonyl (C=O) groups is 2. The van der Waals surface area contributed by atoms with Gasteiger partial charge in [0.15, 0.2) is 0 Å². The molecule has 1 rings (SSSR count). The number of methoxy groups -OCH3 is 3. The Morgan fingerprint density at radius 1 is 1.00 bits per heavy atom. The summed E-state index contributed by atoms with van der Waals surface area (Å²) in [5.41, 5.74) is 0.512. The maximum Gasteiger partial charge on any atom is 0.306 e. The van der Waals surface area contributed by atoms with E-state index in [1.54, 1.807) is 7.11 Å². The second-order valence-corrected chi connectivity index (χ2v) is 5.98. The van der Waals surface area contributed by atoms with E-state index < -0.39 is 5.41 Å². The summed E-state index contributed by atoms with van der Waals surface area (Å²) in [5, 5.41) is 0. The van der Waals surface area contributed by atoms with Gasteiger partial charge in [0, 0.05) is 11.8 Å². The van der Waals surface area contributed by atoms with E-state index in [9.17, 15) is 9.59 Å². The van der Waals surface area contributed by atoms with Gasteiger partial charge in [-0.15, -0.1) is 0 Å². The van der Waals surface area contributed by atoms with Gasteiger partial charge in [0.1, 0.15) is 5.75 Å². The van der Waals surface area contributed by atoms with Crippen molar-refractivity contribution in [1.29, 1.82) is 0 Å². The van der Waals surface area contributed by atoms with Crippen LogP contribution in [-0.2, 0) is 30.4 Å². The second kappa shape index (κ2) is 9.93. The molecule has 1 unspecified atom stereocenters. The Labute approximate surface area is 143 Å². The molecule has 0 aromatic heterocycles. The van der Waals surface area contributed by atoms with Crippen molar-refractivity contribution in [3.8, 4) is 5.75 Å². The van der Waals surface area contributed by atoms with Gasteiger partial charge in [0.05, 0.1) is 41.0 Å². The Morgan fingerprint density at radius 2 is 1.62 bits per heavy atom. The molecule has 0 spiro atoms. The highest BCUT2D eigenvalue weighted by atomic mass is 16.5. The van der Waals surface area contributed by atoms with Gasteiger partial charge < -0.3 is 18.9 Å². The van der Waals surface area contributed by atoms with Gasteiger partial charge in [-0.1, -0.05) is 19.1 Å². The highest BCUT2D eigenvalue weighted by Gasteiger charge is 2.29. The van der Waals surface area contributed by atoms with E-state index in [4.69, 9.17) is 14.2 Å². The van der Waals surface area contributed by atoms with Gasteiger partial charge in [0.2, 0.25) is 0 Å². The summed E-state index contributed by atoms with van der Waals surface area (Å²) >= 11 is 0. The normalized spacial score (nSPS) is 13.0. The minimum absolute atomic E-state index is 0.184. The van der Waals surface area contributed by atoms with Gasteiger partial charge >= 0.3 is 11.9 Å². The first-order valence-corrected chi connectivity index (χ1v) is 7.77. The number of hydrogen-bond acceptors (Lipinski definition) is 6. The third-order valence-corrected chi connectivity index (χ3v) is 3.84. The number of ether oxygens (including phenoxy) is 4. The SMILES string of the molecule is COC(=O)CCC(C)(COCc1ccc(OC)cc1)CC(=O)OC. The molecule has 1 aromatic carbocycles. The molecule has 6 heteroatoms. The van der Waals surface area contributed by atoms with Crippen molar-refractivity contribution in [2.24, 2.45) is 5.41 Å². The molecule has 6 nitrogen and oxygen atoms in total. The van der Waals surface area contributed by atoms with Crippen molar-refractivity contribution in [3.05, 3.63) is 29.8 Å². The van der Waals surface area contributed by atoms with Crippen LogP contribution in [0.4, 0.5) is 0 Å². The summed E-state index contributed by atoms with van der Waals surface area (Å²) in [4.78, 5) is 23.0. The van der Waals surface area contributed by atoms with E-state index in [2.05, 4.69) is 4.74 Å². The van der Waals surface area contributed by atoms with Crippen LogP contribution < -0.4 is 4.74 Å². The smallest absolute Gasteiger partial charge is 0.306 e. The molecule has 0 fully saturated rings. The Bertz CT molecular complexity index is 525. The lowest BCUT2D eigenvalue weighted by atomic mass is 9.83. The molecule has 0 saturated carbocycles. The van der Waals surface area contributed by atoms with Crippen molar-refractivity contribution in [2.75, 3.05) is 27.9 Å². The fraction of sp³-hybridized carbons (Fsp3) is 0.556. The monoisotopic (exact) mass is 338 g/mol. The summed E-state index contributed by atoms with van der Waals surface area (Å²) in [6.45, 7) is 2.66. The summed E-state index contributed by atoms with van der Waals surface area (Å²) in [5.74, 6) is 0.156. The first kappa shape index (κ1) is 20.0. The zero-order valence-electron chi connectivity index (χ0n) is 14.8. The van der Waals surface area contributed by atoms with Gasteiger partial charge in [-0.2, -0.15) is 0 Å². The van der Waals surface area contributed by atoms with Crippen LogP contribution in [0.5, 0.6) is 5.75 Å². The molecular formula is C18H26O6. The number of benzene rings is 1. The Morgan fingerprint density at radius 3 is 2.17 bits per heavy atom. The predicted molar refractivity (Wildman–Crippen MR) is 88.6 cm³/mol. The molecule has 24 heavy (non-hydrogen) atoms. The lowest BCUT2D eigenvalue weighted by molar-refractivity contribution is -0.147. The van der Waals surface area contributed by atoms with E-state index in [0.717, 1.165) is 11.3 Å². The molecule has 0 bridgehead atoms. The minimum atomic E-state index is -0.492. The molecule has 0 aliphatic rings. The topological polar surface area (TPSA) is 71.1 Å². The Balaban J connectivity index is 2.58. The van der Waals surface area contributed by atoms with Crippen LogP contribution in [0, 0.1) is 5.41 Å². The van der Waals surface area contributed by atoms with Gasteiger partial charge in [-0.3, -0.25) is 9.59 Å². The predicted octanol–water partition coefficient (Wildman–Crippen LogP) is 2.73. The van der Waals surface area contributed by atoms with Crippen LogP contribution in [0.2, 0.25) is 0 Å². The quantitative estimate of drug-likeness (QED) is 0.611. The van der Waals surface area contributed by atoms with Gasteiger partial charge in [0.25, 0.3) is 0 Å². The summed E-state index contributed by atoms with van der Waals surface area (Å²) in [7, 11) is 4.31.